The standard InChI is InChI=1S/C13H17N3S/c1-2-5-10(14)8-17-13-11-6-3-4-7-12(11)15-9-16-13/h3-4,6-7,9-10H,2,5,8,14H2,1H3. The molecule has 90 valence electrons. The second kappa shape index (κ2) is 5.98. The normalized spacial score (nSPS) is 12.8. The minimum absolute atomic E-state index is 0.249. The summed E-state index contributed by atoms with van der Waals surface area (Å²) in [6.07, 6.45) is 3.82. The van der Waals surface area contributed by atoms with Gasteiger partial charge in [0.2, 0.25) is 0 Å². The second-order valence-electron chi connectivity index (χ2n) is 4.06. The Hall–Kier alpha value is -1.13. The van der Waals surface area contributed by atoms with Crippen LogP contribution in [0.25, 0.3) is 10.9 Å². The third kappa shape index (κ3) is 3.17. The van der Waals surface area contributed by atoms with Crippen molar-refractivity contribution in [3.05, 3.63) is 30.6 Å². The van der Waals surface area contributed by atoms with E-state index in [-0.39, 0.29) is 6.04 Å². The third-order valence-electron chi connectivity index (χ3n) is 2.60. The van der Waals surface area contributed by atoms with Gasteiger partial charge in [0, 0.05) is 17.2 Å². The minimum atomic E-state index is 0.249. The lowest BCUT2D eigenvalue weighted by molar-refractivity contribution is 0.660. The van der Waals surface area contributed by atoms with E-state index < -0.39 is 0 Å². The summed E-state index contributed by atoms with van der Waals surface area (Å²) in [5.74, 6) is 0.912. The van der Waals surface area contributed by atoms with Crippen LogP contribution in [0.15, 0.2) is 35.6 Å². The van der Waals surface area contributed by atoms with E-state index in [0.717, 1.165) is 34.5 Å². The summed E-state index contributed by atoms with van der Waals surface area (Å²) >= 11 is 1.72. The zero-order valence-electron chi connectivity index (χ0n) is 9.97. The molecule has 0 aliphatic rings. The van der Waals surface area contributed by atoms with Gasteiger partial charge < -0.3 is 5.73 Å². The number of hydrogen-bond acceptors (Lipinski definition) is 4. The molecule has 17 heavy (non-hydrogen) atoms. The van der Waals surface area contributed by atoms with Crippen LogP contribution in [0.3, 0.4) is 0 Å². The van der Waals surface area contributed by atoms with Crippen LogP contribution in [0.4, 0.5) is 0 Å². The fourth-order valence-electron chi connectivity index (χ4n) is 1.74. The van der Waals surface area contributed by atoms with Crippen molar-refractivity contribution in [2.45, 2.75) is 30.8 Å². The van der Waals surface area contributed by atoms with Crippen LogP contribution in [-0.4, -0.2) is 21.8 Å². The van der Waals surface area contributed by atoms with Crippen molar-refractivity contribution >= 4 is 22.7 Å². The number of para-hydroxylation sites is 1. The van der Waals surface area contributed by atoms with Crippen molar-refractivity contribution in [1.29, 1.82) is 0 Å². The Kier molecular flexibility index (Phi) is 4.34. The Morgan fingerprint density at radius 2 is 2.12 bits per heavy atom. The number of hydrogen-bond donors (Lipinski definition) is 1. The molecule has 2 N–H and O–H groups in total. The van der Waals surface area contributed by atoms with Crippen LogP contribution >= 0.6 is 11.8 Å². The zero-order chi connectivity index (χ0) is 12.1. The molecular formula is C13H17N3S. The molecule has 1 heterocycles. The maximum absolute atomic E-state index is 6.01. The number of fused-ring (bicyclic) bond motifs is 1. The number of aromatic nitrogens is 2. The topological polar surface area (TPSA) is 51.8 Å². The van der Waals surface area contributed by atoms with Crippen molar-refractivity contribution in [1.82, 2.24) is 9.97 Å². The van der Waals surface area contributed by atoms with Gasteiger partial charge in [0.05, 0.1) is 5.52 Å². The lowest BCUT2D eigenvalue weighted by atomic mass is 10.2. The molecule has 1 atom stereocenters. The van der Waals surface area contributed by atoms with E-state index in [1.165, 1.54) is 0 Å². The van der Waals surface area contributed by atoms with Gasteiger partial charge in [-0.1, -0.05) is 31.5 Å². The minimum Gasteiger partial charge on any atom is -0.327 e. The van der Waals surface area contributed by atoms with E-state index in [1.54, 1.807) is 18.1 Å². The fourth-order valence-corrected chi connectivity index (χ4v) is 2.72. The van der Waals surface area contributed by atoms with Gasteiger partial charge in [0.25, 0.3) is 0 Å². The predicted octanol–water partition coefficient (Wildman–Crippen LogP) is 2.85. The molecule has 1 aromatic heterocycles. The first-order valence-electron chi connectivity index (χ1n) is 5.89. The lowest BCUT2D eigenvalue weighted by Gasteiger charge is -2.10. The molecule has 0 saturated carbocycles. The highest BCUT2D eigenvalue weighted by Gasteiger charge is 2.06. The van der Waals surface area contributed by atoms with E-state index in [0.29, 0.717) is 0 Å². The molecule has 3 nitrogen and oxygen atoms in total. The maximum Gasteiger partial charge on any atom is 0.117 e. The summed E-state index contributed by atoms with van der Waals surface area (Å²) in [5, 5.41) is 2.14. The molecule has 4 heteroatoms. The first-order valence-corrected chi connectivity index (χ1v) is 6.88. The maximum atomic E-state index is 6.01. The van der Waals surface area contributed by atoms with Crippen LogP contribution in [0.2, 0.25) is 0 Å². The Labute approximate surface area is 106 Å². The van der Waals surface area contributed by atoms with E-state index in [1.807, 2.05) is 18.2 Å². The van der Waals surface area contributed by atoms with Crippen molar-refractivity contribution in [2.24, 2.45) is 5.73 Å². The summed E-state index contributed by atoms with van der Waals surface area (Å²) in [6, 6.07) is 8.32. The molecule has 0 fully saturated rings. The zero-order valence-corrected chi connectivity index (χ0v) is 10.8. The van der Waals surface area contributed by atoms with E-state index in [9.17, 15) is 0 Å². The molecule has 2 rings (SSSR count). The van der Waals surface area contributed by atoms with Crippen LogP contribution in [0.5, 0.6) is 0 Å². The van der Waals surface area contributed by atoms with Crippen molar-refractivity contribution < 1.29 is 0 Å². The average Bonchev–Trinajstić information content (AvgIpc) is 2.36. The largest absolute Gasteiger partial charge is 0.327 e. The van der Waals surface area contributed by atoms with Gasteiger partial charge in [-0.25, -0.2) is 9.97 Å². The Morgan fingerprint density at radius 1 is 1.29 bits per heavy atom. The molecule has 0 bridgehead atoms. The summed E-state index contributed by atoms with van der Waals surface area (Å²) in [4.78, 5) is 8.58. The quantitative estimate of drug-likeness (QED) is 0.652. The fraction of sp³-hybridized carbons (Fsp3) is 0.385. The molecule has 0 radical (unpaired) electrons. The van der Waals surface area contributed by atoms with E-state index in [2.05, 4.69) is 23.0 Å². The number of rotatable bonds is 5. The second-order valence-corrected chi connectivity index (χ2v) is 5.06. The number of nitrogens with two attached hydrogens (primary N) is 1. The SMILES string of the molecule is CCCC(N)CSc1ncnc2ccccc12. The summed E-state index contributed by atoms with van der Waals surface area (Å²) < 4.78 is 0. The van der Waals surface area contributed by atoms with Crippen molar-refractivity contribution in [3.63, 3.8) is 0 Å². The lowest BCUT2D eigenvalue weighted by Crippen LogP contribution is -2.22. The highest BCUT2D eigenvalue weighted by atomic mass is 32.2. The van der Waals surface area contributed by atoms with Crippen LogP contribution in [0, 0.1) is 0 Å². The summed E-state index contributed by atoms with van der Waals surface area (Å²) in [7, 11) is 0. The van der Waals surface area contributed by atoms with Gasteiger partial charge in [0.1, 0.15) is 11.4 Å². The summed E-state index contributed by atoms with van der Waals surface area (Å²) in [5.41, 5.74) is 7.01. The highest BCUT2D eigenvalue weighted by Crippen LogP contribution is 2.24. The van der Waals surface area contributed by atoms with E-state index in [4.69, 9.17) is 5.73 Å². The first kappa shape index (κ1) is 12.3. The molecule has 1 unspecified atom stereocenters. The van der Waals surface area contributed by atoms with Gasteiger partial charge >= 0.3 is 0 Å². The van der Waals surface area contributed by atoms with Gasteiger partial charge in [-0.2, -0.15) is 0 Å². The predicted molar refractivity (Wildman–Crippen MR) is 73.1 cm³/mol. The number of benzene rings is 1. The van der Waals surface area contributed by atoms with Crippen LogP contribution in [0.1, 0.15) is 19.8 Å². The van der Waals surface area contributed by atoms with Crippen LogP contribution in [-0.2, 0) is 0 Å². The summed E-state index contributed by atoms with van der Waals surface area (Å²) in [6.45, 7) is 2.16. The number of thioether (sulfide) groups is 1. The third-order valence-corrected chi connectivity index (χ3v) is 3.79. The molecule has 1 aromatic carbocycles. The molecule has 0 aliphatic heterocycles. The Bertz CT molecular complexity index is 482. The monoisotopic (exact) mass is 247 g/mol. The first-order chi connectivity index (χ1) is 8.31. The smallest absolute Gasteiger partial charge is 0.117 e. The molecule has 0 saturated heterocycles. The Morgan fingerprint density at radius 3 is 2.94 bits per heavy atom. The molecule has 0 amide bonds. The molecule has 2 aromatic rings. The highest BCUT2D eigenvalue weighted by molar-refractivity contribution is 7.99. The Balaban J connectivity index is 2.13. The van der Waals surface area contributed by atoms with Crippen molar-refractivity contribution in [3.8, 4) is 0 Å². The van der Waals surface area contributed by atoms with Gasteiger partial charge in [0.15, 0.2) is 0 Å². The van der Waals surface area contributed by atoms with Gasteiger partial charge in [-0.15, -0.1) is 11.8 Å². The number of nitrogens with zero attached hydrogens (tertiary/aromatic N) is 2. The molecule has 0 aliphatic carbocycles. The van der Waals surface area contributed by atoms with Gasteiger partial charge in [-0.3, -0.25) is 0 Å². The van der Waals surface area contributed by atoms with Crippen molar-refractivity contribution in [2.75, 3.05) is 5.75 Å². The molecular weight excluding hydrogens is 230 g/mol. The van der Waals surface area contributed by atoms with Gasteiger partial charge in [-0.05, 0) is 12.5 Å². The molecule has 0 spiro atoms. The average molecular weight is 247 g/mol. The van der Waals surface area contributed by atoms with Crippen LogP contribution < -0.4 is 5.73 Å². The van der Waals surface area contributed by atoms with E-state index >= 15 is 0 Å².